The van der Waals surface area contributed by atoms with Gasteiger partial charge in [-0.05, 0) is 125 Å². The van der Waals surface area contributed by atoms with Gasteiger partial charge in [0.15, 0.2) is 0 Å². The molecule has 2 aromatic heterocycles. The zero-order chi connectivity index (χ0) is 54.8. The Balaban J connectivity index is 0.875. The first kappa shape index (κ1) is 48.0. The number of hydrogen-bond acceptors (Lipinski definition) is 3. The van der Waals surface area contributed by atoms with Gasteiger partial charge < -0.3 is 13.7 Å². The Morgan fingerprint density at radius 2 is 0.506 bits per heavy atom. The number of anilines is 3. The van der Waals surface area contributed by atoms with Gasteiger partial charge in [0.25, 0.3) is 0 Å². The van der Waals surface area contributed by atoms with E-state index in [9.17, 15) is 0 Å². The Labute approximate surface area is 480 Å². The summed E-state index contributed by atoms with van der Waals surface area (Å²) in [4.78, 5) is 2.40. The van der Waals surface area contributed by atoms with E-state index >= 15 is 0 Å². The van der Waals surface area contributed by atoms with Crippen LogP contribution in [0.15, 0.2) is 318 Å². The van der Waals surface area contributed by atoms with Crippen LogP contribution < -0.4 is 4.90 Å². The van der Waals surface area contributed by atoms with Gasteiger partial charge in [0.05, 0.1) is 0 Å². The molecule has 0 fully saturated rings. The molecule has 3 nitrogen and oxygen atoms in total. The molecule has 0 aliphatic rings. The Morgan fingerprint density at radius 3 is 0.928 bits per heavy atom. The second-order valence-corrected chi connectivity index (χ2v) is 21.4. The molecule has 0 aliphatic carbocycles. The molecule has 16 rings (SSSR count). The molecule has 16 aromatic rings. The third-order valence-corrected chi connectivity index (χ3v) is 16.6. The molecule has 0 saturated carbocycles. The van der Waals surface area contributed by atoms with Gasteiger partial charge >= 0.3 is 0 Å². The maximum Gasteiger partial charge on any atom is 0.143 e. The second kappa shape index (κ2) is 20.0. The Bertz CT molecular complexity index is 4820. The molecule has 3 heteroatoms. The van der Waals surface area contributed by atoms with Crippen LogP contribution in [0.25, 0.3) is 143 Å². The fourth-order valence-corrected chi connectivity index (χ4v) is 12.8. The Kier molecular flexibility index (Phi) is 11.5. The van der Waals surface area contributed by atoms with Crippen molar-refractivity contribution in [2.45, 2.75) is 0 Å². The van der Waals surface area contributed by atoms with Gasteiger partial charge in [-0.3, -0.25) is 0 Å². The normalized spacial score (nSPS) is 11.6. The molecule has 0 saturated heterocycles. The second-order valence-electron chi connectivity index (χ2n) is 21.4. The standard InChI is InChI=1S/C80H51NO2/c1-6-22-52(23-7-1)53-40-44-62(45-41-53)81(63-34-20-32-58(48-63)60-42-46-67-65-36-16-18-38-69(65)79-75(71(67)50-60)73(54-24-8-2-9-25-54)77(82-79)56-28-12-4-13-29-56)64-35-21-33-59(49-64)61-43-47-68-66-37-17-19-39-70(66)80-76(72(68)51-61)74(55-26-10-3-11-27-55)78(83-80)57-30-14-5-15-31-57/h1-51H. The highest BCUT2D eigenvalue weighted by Crippen LogP contribution is 2.51. The number of furan rings is 2. The molecular weight excluding hydrogens is 1010 g/mol. The molecule has 0 bridgehead atoms. The summed E-state index contributed by atoms with van der Waals surface area (Å²) < 4.78 is 14.2. The molecule has 0 amide bonds. The number of benzene rings is 14. The molecule has 0 N–H and O–H groups in total. The molecule has 14 aromatic carbocycles. The first-order valence-electron chi connectivity index (χ1n) is 28.4. The van der Waals surface area contributed by atoms with E-state index in [4.69, 9.17) is 8.83 Å². The molecule has 0 radical (unpaired) electrons. The smallest absolute Gasteiger partial charge is 0.143 e. The third-order valence-electron chi connectivity index (χ3n) is 16.6. The van der Waals surface area contributed by atoms with Crippen molar-refractivity contribution in [1.29, 1.82) is 0 Å². The summed E-state index contributed by atoms with van der Waals surface area (Å²) in [6.45, 7) is 0. The minimum Gasteiger partial charge on any atom is -0.455 e. The SMILES string of the molecule is c1ccc(-c2ccc(N(c3cccc(-c4ccc5c6ccccc6c6oc(-c7ccccc7)c(-c7ccccc7)c6c5c4)c3)c3cccc(-c4ccc5c6ccccc6c6oc(-c7ccccc7)c(-c7ccccc7)c6c5c4)c3)cc2)cc1. The van der Waals surface area contributed by atoms with Crippen LogP contribution in [-0.4, -0.2) is 0 Å². The quantitative estimate of drug-likeness (QED) is 0.128. The van der Waals surface area contributed by atoms with Crippen molar-refractivity contribution in [3.05, 3.63) is 309 Å². The average Bonchev–Trinajstić information content (AvgIpc) is 4.40. The molecule has 2 heterocycles. The summed E-state index contributed by atoms with van der Waals surface area (Å²) in [5.41, 5.74) is 18.2. The van der Waals surface area contributed by atoms with Crippen molar-refractivity contribution in [2.75, 3.05) is 4.90 Å². The molecule has 388 valence electrons. The lowest BCUT2D eigenvalue weighted by Gasteiger charge is -2.27. The van der Waals surface area contributed by atoms with Crippen LogP contribution in [-0.2, 0) is 0 Å². The third kappa shape index (κ3) is 8.20. The number of fused-ring (bicyclic) bond motifs is 12. The van der Waals surface area contributed by atoms with E-state index in [2.05, 4.69) is 314 Å². The molecule has 0 spiro atoms. The van der Waals surface area contributed by atoms with Crippen LogP contribution in [0.4, 0.5) is 17.1 Å². The predicted octanol–water partition coefficient (Wildman–Crippen LogP) is 22.9. The molecule has 83 heavy (non-hydrogen) atoms. The Morgan fingerprint density at radius 1 is 0.193 bits per heavy atom. The van der Waals surface area contributed by atoms with E-state index in [0.717, 1.165) is 144 Å². The monoisotopic (exact) mass is 1060 g/mol. The van der Waals surface area contributed by atoms with Gasteiger partial charge in [0.2, 0.25) is 0 Å². The van der Waals surface area contributed by atoms with E-state index in [1.54, 1.807) is 0 Å². The lowest BCUT2D eigenvalue weighted by atomic mass is 9.90. The van der Waals surface area contributed by atoms with E-state index in [1.165, 1.54) is 16.3 Å². The zero-order valence-corrected chi connectivity index (χ0v) is 45.2. The van der Waals surface area contributed by atoms with Crippen molar-refractivity contribution >= 4 is 82.1 Å². The summed E-state index contributed by atoms with van der Waals surface area (Å²) in [6.07, 6.45) is 0. The molecule has 0 atom stereocenters. The van der Waals surface area contributed by atoms with Crippen molar-refractivity contribution in [3.63, 3.8) is 0 Å². The number of rotatable bonds is 10. The van der Waals surface area contributed by atoms with Gasteiger partial charge in [-0.2, -0.15) is 0 Å². The number of nitrogens with zero attached hydrogens (tertiary/aromatic N) is 1. The minimum absolute atomic E-state index is 0.870. The average molecular weight is 1060 g/mol. The van der Waals surface area contributed by atoms with E-state index in [-0.39, 0.29) is 0 Å². The summed E-state index contributed by atoms with van der Waals surface area (Å²) in [5.74, 6) is 1.74. The first-order chi connectivity index (χ1) is 41.2. The summed E-state index contributed by atoms with van der Waals surface area (Å²) in [7, 11) is 0. The van der Waals surface area contributed by atoms with Crippen molar-refractivity contribution in [1.82, 2.24) is 0 Å². The topological polar surface area (TPSA) is 29.5 Å². The zero-order valence-electron chi connectivity index (χ0n) is 45.2. The fourth-order valence-electron chi connectivity index (χ4n) is 12.8. The largest absolute Gasteiger partial charge is 0.455 e. The van der Waals surface area contributed by atoms with Crippen LogP contribution >= 0.6 is 0 Å². The van der Waals surface area contributed by atoms with Crippen LogP contribution in [0, 0.1) is 0 Å². The van der Waals surface area contributed by atoms with Gasteiger partial charge in [0.1, 0.15) is 22.7 Å². The molecular formula is C80H51NO2. The minimum atomic E-state index is 0.870. The summed E-state index contributed by atoms with van der Waals surface area (Å²) in [6, 6.07) is 111. The van der Waals surface area contributed by atoms with Gasteiger partial charge in [-0.25, -0.2) is 0 Å². The van der Waals surface area contributed by atoms with Crippen molar-refractivity contribution < 1.29 is 8.83 Å². The van der Waals surface area contributed by atoms with E-state index in [1.807, 2.05) is 0 Å². The lowest BCUT2D eigenvalue weighted by Crippen LogP contribution is -2.10. The van der Waals surface area contributed by atoms with E-state index in [0.29, 0.717) is 0 Å². The predicted molar refractivity (Wildman–Crippen MR) is 349 cm³/mol. The molecule has 0 aliphatic heterocycles. The van der Waals surface area contributed by atoms with Gasteiger partial charge in [-0.15, -0.1) is 0 Å². The summed E-state index contributed by atoms with van der Waals surface area (Å²) >= 11 is 0. The summed E-state index contributed by atoms with van der Waals surface area (Å²) in [5, 5.41) is 11.4. The highest BCUT2D eigenvalue weighted by atomic mass is 16.3. The highest BCUT2D eigenvalue weighted by Gasteiger charge is 2.26. The van der Waals surface area contributed by atoms with E-state index < -0.39 is 0 Å². The van der Waals surface area contributed by atoms with Crippen LogP contribution in [0.3, 0.4) is 0 Å². The van der Waals surface area contributed by atoms with Gasteiger partial charge in [0, 0.05) is 60.9 Å². The van der Waals surface area contributed by atoms with Crippen molar-refractivity contribution in [3.8, 4) is 78.3 Å². The maximum atomic E-state index is 7.12. The first-order valence-corrected chi connectivity index (χ1v) is 28.4. The fraction of sp³-hybridized carbons (Fsp3) is 0. The Hall–Kier alpha value is -11.0. The van der Waals surface area contributed by atoms with Crippen LogP contribution in [0.2, 0.25) is 0 Å². The van der Waals surface area contributed by atoms with Crippen LogP contribution in [0.5, 0.6) is 0 Å². The van der Waals surface area contributed by atoms with Gasteiger partial charge in [-0.1, -0.05) is 261 Å². The maximum absolute atomic E-state index is 7.12. The van der Waals surface area contributed by atoms with Crippen molar-refractivity contribution in [2.24, 2.45) is 0 Å². The number of hydrogen-bond donors (Lipinski definition) is 0. The lowest BCUT2D eigenvalue weighted by molar-refractivity contribution is 0.635. The highest BCUT2D eigenvalue weighted by molar-refractivity contribution is 6.30. The van der Waals surface area contributed by atoms with Crippen LogP contribution in [0.1, 0.15) is 0 Å². The molecule has 0 unspecified atom stereocenters.